The van der Waals surface area contributed by atoms with Crippen molar-refractivity contribution in [3.63, 3.8) is 0 Å². The quantitative estimate of drug-likeness (QED) is 0.461. The lowest BCUT2D eigenvalue weighted by Crippen LogP contribution is -2.35. The number of aromatic nitrogens is 6. The summed E-state index contributed by atoms with van der Waals surface area (Å²) in [7, 11) is 1.78. The third-order valence-corrected chi connectivity index (χ3v) is 6.76. The van der Waals surface area contributed by atoms with Gasteiger partial charge < -0.3 is 15.0 Å². The summed E-state index contributed by atoms with van der Waals surface area (Å²) in [6.45, 7) is 3.77. The van der Waals surface area contributed by atoms with E-state index in [1.165, 1.54) is 6.07 Å². The first-order chi connectivity index (χ1) is 17.5. The predicted molar refractivity (Wildman–Crippen MR) is 130 cm³/mol. The molecule has 2 aliphatic heterocycles. The summed E-state index contributed by atoms with van der Waals surface area (Å²) in [5.41, 5.74) is 5.45. The molecule has 4 aromatic rings. The fourth-order valence-electron chi connectivity index (χ4n) is 4.92. The Balaban J connectivity index is 1.22. The smallest absolute Gasteiger partial charge is 0.272 e. The molecule has 184 valence electrons. The standard InChI is InChI=1S/C25H25FN8O2/c1-15-11-21(32(2)31-15)24(35)33-8-5-16(6-9-33)18-12-27-25(34-14-29-30-23(18)34)28-13-19-17-7-10-36-22(17)4-3-20(19)26/h3-5,11-12,14H,6-10,13H2,1-2H3,(H,27,28). The molecule has 0 bridgehead atoms. The Morgan fingerprint density at radius 3 is 2.94 bits per heavy atom. The van der Waals surface area contributed by atoms with Crippen LogP contribution in [0.15, 0.2) is 36.8 Å². The molecular formula is C25H25FN8O2. The van der Waals surface area contributed by atoms with E-state index in [1.807, 2.05) is 13.0 Å². The zero-order chi connectivity index (χ0) is 24.8. The highest BCUT2D eigenvalue weighted by Crippen LogP contribution is 2.31. The number of amides is 1. The average molecular weight is 489 g/mol. The molecule has 6 rings (SSSR count). The van der Waals surface area contributed by atoms with Crippen LogP contribution in [0.3, 0.4) is 0 Å². The van der Waals surface area contributed by atoms with Gasteiger partial charge in [0.1, 0.15) is 23.6 Å². The minimum absolute atomic E-state index is 0.0382. The van der Waals surface area contributed by atoms with Gasteiger partial charge in [0, 0.05) is 56.0 Å². The maximum absolute atomic E-state index is 14.5. The Morgan fingerprint density at radius 1 is 1.28 bits per heavy atom. The highest BCUT2D eigenvalue weighted by atomic mass is 19.1. The number of carbonyl (C=O) groups is 1. The zero-order valence-corrected chi connectivity index (χ0v) is 20.0. The topological polar surface area (TPSA) is 102 Å². The molecule has 0 aliphatic carbocycles. The number of fused-ring (bicyclic) bond motifs is 2. The molecule has 3 aromatic heterocycles. The molecule has 2 aliphatic rings. The molecular weight excluding hydrogens is 463 g/mol. The molecule has 5 heterocycles. The van der Waals surface area contributed by atoms with Crippen LogP contribution in [0, 0.1) is 12.7 Å². The minimum Gasteiger partial charge on any atom is -0.493 e. The second-order valence-corrected chi connectivity index (χ2v) is 9.00. The van der Waals surface area contributed by atoms with E-state index in [9.17, 15) is 9.18 Å². The van der Waals surface area contributed by atoms with E-state index in [-0.39, 0.29) is 18.3 Å². The summed E-state index contributed by atoms with van der Waals surface area (Å²) in [6, 6.07) is 4.92. The van der Waals surface area contributed by atoms with E-state index in [0.717, 1.165) is 28.1 Å². The lowest BCUT2D eigenvalue weighted by Gasteiger charge is -2.26. The van der Waals surface area contributed by atoms with E-state index in [0.29, 0.717) is 55.4 Å². The van der Waals surface area contributed by atoms with Gasteiger partial charge in [-0.15, -0.1) is 10.2 Å². The van der Waals surface area contributed by atoms with Crippen LogP contribution in [0.5, 0.6) is 5.75 Å². The molecule has 1 N–H and O–H groups in total. The van der Waals surface area contributed by atoms with E-state index in [1.54, 1.807) is 45.7 Å². The largest absolute Gasteiger partial charge is 0.493 e. The van der Waals surface area contributed by atoms with Crippen molar-refractivity contribution in [2.24, 2.45) is 7.05 Å². The molecule has 11 heteroatoms. The number of halogens is 1. The molecule has 0 saturated heterocycles. The van der Waals surface area contributed by atoms with Crippen molar-refractivity contribution in [3.05, 3.63) is 70.7 Å². The second-order valence-electron chi connectivity index (χ2n) is 9.00. The summed E-state index contributed by atoms with van der Waals surface area (Å²) in [4.78, 5) is 19.3. The van der Waals surface area contributed by atoms with E-state index in [4.69, 9.17) is 4.74 Å². The van der Waals surface area contributed by atoms with Crippen molar-refractivity contribution < 1.29 is 13.9 Å². The molecule has 36 heavy (non-hydrogen) atoms. The Morgan fingerprint density at radius 2 is 2.17 bits per heavy atom. The lowest BCUT2D eigenvalue weighted by atomic mass is 10.0. The lowest BCUT2D eigenvalue weighted by molar-refractivity contribution is 0.0762. The fourth-order valence-corrected chi connectivity index (χ4v) is 4.92. The highest BCUT2D eigenvalue weighted by Gasteiger charge is 2.24. The van der Waals surface area contributed by atoms with Crippen molar-refractivity contribution in [1.29, 1.82) is 0 Å². The van der Waals surface area contributed by atoms with Crippen molar-refractivity contribution in [2.75, 3.05) is 25.0 Å². The summed E-state index contributed by atoms with van der Waals surface area (Å²) >= 11 is 0. The highest BCUT2D eigenvalue weighted by molar-refractivity contribution is 5.93. The van der Waals surface area contributed by atoms with Gasteiger partial charge in [-0.25, -0.2) is 9.37 Å². The summed E-state index contributed by atoms with van der Waals surface area (Å²) in [5.74, 6) is 0.954. The Bertz CT molecular complexity index is 1520. The van der Waals surface area contributed by atoms with Crippen LogP contribution in [0.1, 0.15) is 39.3 Å². The Labute approximate surface area is 206 Å². The number of benzene rings is 1. The van der Waals surface area contributed by atoms with Crippen LogP contribution in [-0.2, 0) is 20.0 Å². The van der Waals surface area contributed by atoms with Crippen molar-refractivity contribution >= 4 is 23.1 Å². The molecule has 10 nitrogen and oxygen atoms in total. The summed E-state index contributed by atoms with van der Waals surface area (Å²) < 4.78 is 23.5. The number of aryl methyl sites for hydroxylation is 2. The first kappa shape index (κ1) is 22.2. The van der Waals surface area contributed by atoms with Crippen molar-refractivity contribution in [2.45, 2.75) is 26.3 Å². The number of rotatable bonds is 5. The van der Waals surface area contributed by atoms with Gasteiger partial charge in [0.05, 0.1) is 12.3 Å². The fraction of sp³-hybridized carbons (Fsp3) is 0.320. The van der Waals surface area contributed by atoms with Gasteiger partial charge in [-0.05, 0) is 37.1 Å². The number of anilines is 1. The molecule has 0 atom stereocenters. The molecule has 0 spiro atoms. The molecule has 0 unspecified atom stereocenters. The first-order valence-corrected chi connectivity index (χ1v) is 11.8. The van der Waals surface area contributed by atoms with Crippen molar-refractivity contribution in [3.8, 4) is 5.75 Å². The first-order valence-electron chi connectivity index (χ1n) is 11.8. The van der Waals surface area contributed by atoms with Crippen LogP contribution in [0.2, 0.25) is 0 Å². The number of nitrogens with zero attached hydrogens (tertiary/aromatic N) is 7. The third kappa shape index (κ3) is 3.76. The van der Waals surface area contributed by atoms with Gasteiger partial charge in [-0.3, -0.25) is 13.9 Å². The number of nitrogens with one attached hydrogen (secondary N) is 1. The summed E-state index contributed by atoms with van der Waals surface area (Å²) in [5, 5.41) is 15.9. The van der Waals surface area contributed by atoms with E-state index >= 15 is 0 Å². The van der Waals surface area contributed by atoms with Crippen LogP contribution in [0.25, 0.3) is 11.2 Å². The van der Waals surface area contributed by atoms with Gasteiger partial charge in [-0.2, -0.15) is 5.10 Å². The normalized spacial score (nSPS) is 15.1. The van der Waals surface area contributed by atoms with Crippen LogP contribution >= 0.6 is 0 Å². The number of hydrogen-bond acceptors (Lipinski definition) is 7. The third-order valence-electron chi connectivity index (χ3n) is 6.76. The molecule has 0 fully saturated rings. The molecule has 1 aromatic carbocycles. The maximum atomic E-state index is 14.5. The molecule has 1 amide bonds. The minimum atomic E-state index is -0.267. The van der Waals surface area contributed by atoms with Crippen LogP contribution < -0.4 is 10.1 Å². The average Bonchev–Trinajstić information content (AvgIpc) is 3.63. The van der Waals surface area contributed by atoms with Gasteiger partial charge in [0.25, 0.3) is 5.91 Å². The maximum Gasteiger partial charge on any atom is 0.272 e. The SMILES string of the molecule is Cc1cc(C(=O)N2CC=C(c3cnc(NCc4c(F)ccc5c4CCO5)n4cnnc34)CC2)n(C)n1. The van der Waals surface area contributed by atoms with Crippen molar-refractivity contribution in [1.82, 2.24) is 34.3 Å². The Kier molecular flexibility index (Phi) is 5.39. The van der Waals surface area contributed by atoms with Gasteiger partial charge in [0.15, 0.2) is 5.65 Å². The van der Waals surface area contributed by atoms with E-state index < -0.39 is 0 Å². The number of ether oxygens (including phenoxy) is 1. The number of carbonyl (C=O) groups excluding carboxylic acids is 1. The molecule has 0 radical (unpaired) electrons. The van der Waals surface area contributed by atoms with Gasteiger partial charge in [0.2, 0.25) is 5.95 Å². The van der Waals surface area contributed by atoms with Crippen LogP contribution in [0.4, 0.5) is 10.3 Å². The summed E-state index contributed by atoms with van der Waals surface area (Å²) in [6.07, 6.45) is 6.74. The van der Waals surface area contributed by atoms with Gasteiger partial charge in [-0.1, -0.05) is 6.08 Å². The Hall–Kier alpha value is -4.28. The molecule has 0 saturated carbocycles. The number of hydrogen-bond donors (Lipinski definition) is 1. The van der Waals surface area contributed by atoms with Crippen LogP contribution in [-0.4, -0.2) is 59.9 Å². The second kappa shape index (κ2) is 8.74. The predicted octanol–water partition coefficient (Wildman–Crippen LogP) is 2.78. The zero-order valence-electron chi connectivity index (χ0n) is 20.0. The monoisotopic (exact) mass is 488 g/mol. The van der Waals surface area contributed by atoms with E-state index in [2.05, 4.69) is 25.6 Å². The van der Waals surface area contributed by atoms with Gasteiger partial charge >= 0.3 is 0 Å².